The van der Waals surface area contributed by atoms with Crippen molar-refractivity contribution in [1.82, 2.24) is 10.2 Å². The zero-order valence-electron chi connectivity index (χ0n) is 12.4. The van der Waals surface area contributed by atoms with Crippen molar-refractivity contribution in [2.75, 3.05) is 0 Å². The van der Waals surface area contributed by atoms with Crippen molar-refractivity contribution in [3.05, 3.63) is 41.5 Å². The molecule has 2 unspecified atom stereocenters. The molecular formula is C14H18FN3O3S. The van der Waals surface area contributed by atoms with Crippen LogP contribution in [0.2, 0.25) is 0 Å². The summed E-state index contributed by atoms with van der Waals surface area (Å²) in [6.07, 6.45) is 0.801. The molecule has 8 heteroatoms. The summed E-state index contributed by atoms with van der Waals surface area (Å²) in [6, 6.07) is 4.84. The predicted octanol–water partition coefficient (Wildman–Crippen LogP) is 2.23. The molecule has 0 saturated heterocycles. The van der Waals surface area contributed by atoms with Crippen molar-refractivity contribution < 1.29 is 17.2 Å². The van der Waals surface area contributed by atoms with E-state index >= 15 is 0 Å². The van der Waals surface area contributed by atoms with Crippen LogP contribution in [0.4, 0.5) is 4.39 Å². The maximum Gasteiger partial charge on any atom is 0.335 e. The Morgan fingerprint density at radius 2 is 2.09 bits per heavy atom. The fourth-order valence-electron chi connectivity index (χ4n) is 1.89. The van der Waals surface area contributed by atoms with Gasteiger partial charge in [-0.15, -0.1) is 5.10 Å². The zero-order valence-corrected chi connectivity index (χ0v) is 13.2. The van der Waals surface area contributed by atoms with Crippen LogP contribution in [0.3, 0.4) is 0 Å². The van der Waals surface area contributed by atoms with E-state index in [1.165, 1.54) is 18.2 Å². The summed E-state index contributed by atoms with van der Waals surface area (Å²) in [5, 5.41) is 6.79. The number of halogens is 1. The standard InChI is InChI=1S/C14H18FN3O3S/c1-3-9(2)12(16)13-17-18-14(21-13)22(19,20)8-10-5-4-6-11(15)7-10/h4-7,9,12H,3,8,16H2,1-2H3. The Morgan fingerprint density at radius 1 is 1.36 bits per heavy atom. The first-order valence-corrected chi connectivity index (χ1v) is 8.55. The lowest BCUT2D eigenvalue weighted by Crippen LogP contribution is -2.18. The number of hydrogen-bond donors (Lipinski definition) is 1. The first-order valence-electron chi connectivity index (χ1n) is 6.89. The Balaban J connectivity index is 2.22. The number of nitrogens with zero attached hydrogens (tertiary/aromatic N) is 2. The molecule has 6 nitrogen and oxygen atoms in total. The summed E-state index contributed by atoms with van der Waals surface area (Å²) in [6.45, 7) is 3.87. The Morgan fingerprint density at radius 3 is 2.73 bits per heavy atom. The molecule has 2 aromatic rings. The lowest BCUT2D eigenvalue weighted by molar-refractivity contribution is 0.327. The molecule has 120 valence electrons. The molecule has 2 rings (SSSR count). The van der Waals surface area contributed by atoms with E-state index in [1.807, 2.05) is 13.8 Å². The van der Waals surface area contributed by atoms with E-state index in [9.17, 15) is 12.8 Å². The average Bonchev–Trinajstić information content (AvgIpc) is 2.95. The Labute approximate surface area is 128 Å². The molecule has 1 aromatic heterocycles. The third kappa shape index (κ3) is 3.69. The monoisotopic (exact) mass is 327 g/mol. The molecule has 0 bridgehead atoms. The molecule has 0 aliphatic heterocycles. The minimum atomic E-state index is -3.84. The van der Waals surface area contributed by atoms with E-state index in [4.69, 9.17) is 10.2 Å². The molecule has 0 spiro atoms. The van der Waals surface area contributed by atoms with Gasteiger partial charge in [-0.05, 0) is 23.6 Å². The molecule has 1 aromatic carbocycles. The highest BCUT2D eigenvalue weighted by Gasteiger charge is 2.26. The van der Waals surface area contributed by atoms with Crippen molar-refractivity contribution in [1.29, 1.82) is 0 Å². The van der Waals surface area contributed by atoms with Crippen LogP contribution in [0, 0.1) is 11.7 Å². The fraction of sp³-hybridized carbons (Fsp3) is 0.429. The smallest absolute Gasteiger partial charge is 0.335 e. The highest BCUT2D eigenvalue weighted by atomic mass is 32.2. The number of nitrogens with two attached hydrogens (primary N) is 1. The first-order chi connectivity index (χ1) is 10.3. The third-order valence-corrected chi connectivity index (χ3v) is 4.89. The van der Waals surface area contributed by atoms with Crippen LogP contribution in [0.1, 0.15) is 37.8 Å². The van der Waals surface area contributed by atoms with E-state index in [0.29, 0.717) is 5.56 Å². The van der Waals surface area contributed by atoms with Gasteiger partial charge in [-0.1, -0.05) is 37.5 Å². The predicted molar refractivity (Wildman–Crippen MR) is 78.0 cm³/mol. The van der Waals surface area contributed by atoms with Crippen LogP contribution < -0.4 is 5.73 Å². The average molecular weight is 327 g/mol. The molecule has 2 N–H and O–H groups in total. The summed E-state index contributed by atoms with van der Waals surface area (Å²) in [4.78, 5) is 0. The van der Waals surface area contributed by atoms with Crippen LogP contribution in [0.15, 0.2) is 33.9 Å². The van der Waals surface area contributed by atoms with E-state index in [0.717, 1.165) is 12.5 Å². The van der Waals surface area contributed by atoms with Gasteiger partial charge >= 0.3 is 5.22 Å². The SMILES string of the molecule is CCC(C)C(N)c1nnc(S(=O)(=O)Cc2cccc(F)c2)o1. The Hall–Kier alpha value is -1.80. The Bertz CT molecular complexity index is 745. The van der Waals surface area contributed by atoms with Crippen LogP contribution >= 0.6 is 0 Å². The molecule has 0 saturated carbocycles. The van der Waals surface area contributed by atoms with Gasteiger partial charge < -0.3 is 10.2 Å². The molecule has 2 atom stereocenters. The number of aromatic nitrogens is 2. The minimum Gasteiger partial charge on any atom is -0.411 e. The molecule has 22 heavy (non-hydrogen) atoms. The summed E-state index contributed by atoms with van der Waals surface area (Å²) >= 11 is 0. The number of hydrogen-bond acceptors (Lipinski definition) is 6. The largest absolute Gasteiger partial charge is 0.411 e. The highest BCUT2D eigenvalue weighted by Crippen LogP contribution is 2.23. The van der Waals surface area contributed by atoms with Gasteiger partial charge in [0.25, 0.3) is 0 Å². The summed E-state index contributed by atoms with van der Waals surface area (Å²) in [5.74, 6) is -0.741. The van der Waals surface area contributed by atoms with Crippen LogP contribution in [-0.2, 0) is 15.6 Å². The van der Waals surface area contributed by atoms with E-state index < -0.39 is 32.7 Å². The van der Waals surface area contributed by atoms with Gasteiger partial charge in [0.1, 0.15) is 5.82 Å². The van der Waals surface area contributed by atoms with Gasteiger partial charge in [0.15, 0.2) is 0 Å². The topological polar surface area (TPSA) is 99.1 Å². The zero-order chi connectivity index (χ0) is 16.3. The maximum atomic E-state index is 13.1. The van der Waals surface area contributed by atoms with E-state index in [2.05, 4.69) is 10.2 Å². The van der Waals surface area contributed by atoms with Crippen molar-refractivity contribution >= 4 is 9.84 Å². The van der Waals surface area contributed by atoms with Crippen LogP contribution in [-0.4, -0.2) is 18.6 Å². The lowest BCUT2D eigenvalue weighted by atomic mass is 10.0. The Kier molecular flexibility index (Phi) is 4.92. The second kappa shape index (κ2) is 6.53. The third-order valence-electron chi connectivity index (χ3n) is 3.48. The van der Waals surface area contributed by atoms with Gasteiger partial charge in [-0.25, -0.2) is 12.8 Å². The van der Waals surface area contributed by atoms with Gasteiger partial charge in [-0.3, -0.25) is 0 Å². The molecule has 0 fully saturated rings. The maximum absolute atomic E-state index is 13.1. The second-order valence-corrected chi connectivity index (χ2v) is 7.07. The lowest BCUT2D eigenvalue weighted by Gasteiger charge is -2.13. The number of benzene rings is 1. The van der Waals surface area contributed by atoms with Gasteiger partial charge in [0.05, 0.1) is 11.8 Å². The van der Waals surface area contributed by atoms with Gasteiger partial charge in [0, 0.05) is 0 Å². The van der Waals surface area contributed by atoms with Gasteiger partial charge in [-0.2, -0.15) is 0 Å². The molecule has 0 aliphatic rings. The molecular weight excluding hydrogens is 309 g/mol. The summed E-state index contributed by atoms with van der Waals surface area (Å²) in [5.41, 5.74) is 6.25. The molecule has 0 amide bonds. The summed E-state index contributed by atoms with van der Waals surface area (Å²) < 4.78 is 42.8. The number of rotatable bonds is 6. The van der Waals surface area contributed by atoms with Crippen molar-refractivity contribution in [3.8, 4) is 0 Å². The highest BCUT2D eigenvalue weighted by molar-refractivity contribution is 7.90. The van der Waals surface area contributed by atoms with Crippen LogP contribution in [0.25, 0.3) is 0 Å². The summed E-state index contributed by atoms with van der Waals surface area (Å²) in [7, 11) is -3.84. The van der Waals surface area contributed by atoms with Gasteiger partial charge in [0.2, 0.25) is 15.7 Å². The fourth-order valence-corrected chi connectivity index (χ4v) is 3.01. The second-order valence-electron chi connectivity index (χ2n) is 5.21. The minimum absolute atomic E-state index is 0.0826. The molecule has 0 radical (unpaired) electrons. The van der Waals surface area contributed by atoms with E-state index in [1.54, 1.807) is 0 Å². The first kappa shape index (κ1) is 16.6. The normalized spacial score (nSPS) is 14.7. The molecule has 1 heterocycles. The van der Waals surface area contributed by atoms with Crippen molar-refractivity contribution in [2.24, 2.45) is 11.7 Å². The van der Waals surface area contributed by atoms with E-state index in [-0.39, 0.29) is 11.8 Å². The van der Waals surface area contributed by atoms with Crippen LogP contribution in [0.5, 0.6) is 0 Å². The quantitative estimate of drug-likeness (QED) is 0.873. The van der Waals surface area contributed by atoms with Crippen molar-refractivity contribution in [3.63, 3.8) is 0 Å². The molecule has 0 aliphatic carbocycles. The number of sulfone groups is 1. The van der Waals surface area contributed by atoms with Crippen molar-refractivity contribution in [2.45, 2.75) is 37.3 Å².